The largest absolute Gasteiger partial charge is 0.417 e. The number of anilines is 1. The van der Waals surface area contributed by atoms with E-state index in [1.807, 2.05) is 6.92 Å². The lowest BCUT2D eigenvalue weighted by atomic mass is 9.88. The standard InChI is InChI=1S/C26H35F3N4O3S/c1-14(25(6,7)36)11-18(34)22-31-20(23(35)33-10-8-9-15(33)2)21(37-22)16-13-30-19(32-24(3,4)5)12-17(16)26(27,28)29/h12-15,36H,8-11H2,1-7H3,(H,30,32)/t14-,15+/m1/s1. The molecule has 1 aliphatic rings. The zero-order chi connectivity index (χ0) is 27.9. The van der Waals surface area contributed by atoms with Crippen molar-refractivity contribution in [3.63, 3.8) is 0 Å². The second-order valence-corrected chi connectivity index (χ2v) is 12.4. The Morgan fingerprint density at radius 1 is 1.24 bits per heavy atom. The predicted octanol–water partition coefficient (Wildman–Crippen LogP) is 6.04. The molecule has 0 radical (unpaired) electrons. The summed E-state index contributed by atoms with van der Waals surface area (Å²) in [5.41, 5.74) is -3.10. The quantitative estimate of drug-likeness (QED) is 0.416. The van der Waals surface area contributed by atoms with Gasteiger partial charge in [-0.2, -0.15) is 13.2 Å². The van der Waals surface area contributed by atoms with E-state index in [-0.39, 0.29) is 39.4 Å². The number of rotatable bonds is 7. The molecule has 2 aromatic heterocycles. The third-order valence-corrected chi connectivity index (χ3v) is 7.67. The third-order valence-electron chi connectivity index (χ3n) is 6.54. The fraction of sp³-hybridized carbons (Fsp3) is 0.615. The molecular weight excluding hydrogens is 505 g/mol. The van der Waals surface area contributed by atoms with Crippen LogP contribution in [0.3, 0.4) is 0 Å². The summed E-state index contributed by atoms with van der Waals surface area (Å²) in [6.45, 7) is 12.6. The van der Waals surface area contributed by atoms with E-state index in [4.69, 9.17) is 0 Å². The fourth-order valence-electron chi connectivity index (χ4n) is 4.08. The van der Waals surface area contributed by atoms with Crippen molar-refractivity contribution in [1.29, 1.82) is 0 Å². The highest BCUT2D eigenvalue weighted by Crippen LogP contribution is 2.42. The number of aromatic nitrogens is 2. The van der Waals surface area contributed by atoms with E-state index in [0.717, 1.165) is 36.4 Å². The van der Waals surface area contributed by atoms with E-state index in [2.05, 4.69) is 15.3 Å². The summed E-state index contributed by atoms with van der Waals surface area (Å²) >= 11 is 0.761. The number of hydrogen-bond donors (Lipinski definition) is 2. The molecule has 0 aromatic carbocycles. The van der Waals surface area contributed by atoms with Crippen LogP contribution in [0.2, 0.25) is 0 Å². The molecule has 0 bridgehead atoms. The highest BCUT2D eigenvalue weighted by molar-refractivity contribution is 7.17. The number of alkyl halides is 3. The van der Waals surface area contributed by atoms with Gasteiger partial charge in [-0.25, -0.2) is 9.97 Å². The maximum Gasteiger partial charge on any atom is 0.417 e. The van der Waals surface area contributed by atoms with Crippen LogP contribution in [0.15, 0.2) is 12.3 Å². The number of nitrogens with one attached hydrogen (secondary N) is 1. The van der Waals surface area contributed by atoms with Crippen LogP contribution < -0.4 is 5.32 Å². The van der Waals surface area contributed by atoms with Gasteiger partial charge in [0.05, 0.1) is 16.0 Å². The number of thiazole rings is 1. The smallest absolute Gasteiger partial charge is 0.390 e. The van der Waals surface area contributed by atoms with Crippen molar-refractivity contribution >= 4 is 28.8 Å². The molecule has 1 amide bonds. The lowest BCUT2D eigenvalue weighted by Gasteiger charge is -2.24. The molecule has 0 spiro atoms. The van der Waals surface area contributed by atoms with Gasteiger partial charge in [0, 0.05) is 36.3 Å². The molecule has 204 valence electrons. The number of hydrogen-bond acceptors (Lipinski definition) is 7. The average Bonchev–Trinajstić information content (AvgIpc) is 3.37. The first-order valence-corrected chi connectivity index (χ1v) is 13.1. The van der Waals surface area contributed by atoms with Gasteiger partial charge in [0.2, 0.25) is 0 Å². The van der Waals surface area contributed by atoms with Crippen LogP contribution >= 0.6 is 11.3 Å². The first-order valence-electron chi connectivity index (χ1n) is 12.3. The number of carbonyl (C=O) groups is 2. The van der Waals surface area contributed by atoms with E-state index in [9.17, 15) is 27.9 Å². The Labute approximate surface area is 219 Å². The number of halogens is 3. The molecule has 7 nitrogen and oxygen atoms in total. The van der Waals surface area contributed by atoms with Crippen molar-refractivity contribution in [2.75, 3.05) is 11.9 Å². The minimum atomic E-state index is -4.74. The Hall–Kier alpha value is -2.53. The lowest BCUT2D eigenvalue weighted by Crippen LogP contribution is -2.34. The number of Topliss-reactive ketones (excluding diaryl/α,β-unsaturated/α-hetero) is 1. The monoisotopic (exact) mass is 540 g/mol. The van der Waals surface area contributed by atoms with E-state index < -0.39 is 40.5 Å². The summed E-state index contributed by atoms with van der Waals surface area (Å²) in [4.78, 5) is 36.6. The van der Waals surface area contributed by atoms with E-state index in [1.54, 1.807) is 46.4 Å². The van der Waals surface area contributed by atoms with E-state index >= 15 is 0 Å². The van der Waals surface area contributed by atoms with Gasteiger partial charge < -0.3 is 15.3 Å². The van der Waals surface area contributed by atoms with Gasteiger partial charge in [0.1, 0.15) is 11.5 Å². The second kappa shape index (κ2) is 10.3. The Morgan fingerprint density at radius 3 is 2.41 bits per heavy atom. The van der Waals surface area contributed by atoms with Crippen LogP contribution in [0.4, 0.5) is 19.0 Å². The Bertz CT molecular complexity index is 1170. The first-order chi connectivity index (χ1) is 16.9. The molecule has 11 heteroatoms. The van der Waals surface area contributed by atoms with Crippen molar-refractivity contribution in [3.05, 3.63) is 28.5 Å². The summed E-state index contributed by atoms with van der Waals surface area (Å²) < 4.78 is 42.7. The Morgan fingerprint density at radius 2 is 1.89 bits per heavy atom. The minimum absolute atomic E-state index is 0.0366. The molecule has 0 saturated carbocycles. The molecule has 3 rings (SSSR count). The van der Waals surface area contributed by atoms with Crippen LogP contribution in [-0.2, 0) is 6.18 Å². The summed E-state index contributed by atoms with van der Waals surface area (Å²) in [6, 6.07) is 0.834. The minimum Gasteiger partial charge on any atom is -0.390 e. The zero-order valence-corrected chi connectivity index (χ0v) is 23.1. The number of nitrogens with zero attached hydrogens (tertiary/aromatic N) is 3. The first kappa shape index (κ1) is 29.0. The number of likely N-dealkylation sites (tertiary alicyclic amines) is 1. The van der Waals surface area contributed by atoms with Gasteiger partial charge in [0.25, 0.3) is 5.91 Å². The van der Waals surface area contributed by atoms with Crippen LogP contribution in [0, 0.1) is 5.92 Å². The number of amides is 1. The molecule has 1 saturated heterocycles. The Balaban J connectivity index is 2.15. The molecule has 1 fully saturated rings. The lowest BCUT2D eigenvalue weighted by molar-refractivity contribution is -0.137. The summed E-state index contributed by atoms with van der Waals surface area (Å²) in [5, 5.41) is 13.1. The van der Waals surface area contributed by atoms with Crippen molar-refractivity contribution in [3.8, 4) is 10.4 Å². The zero-order valence-electron chi connectivity index (χ0n) is 22.3. The number of pyridine rings is 1. The van der Waals surface area contributed by atoms with Crippen molar-refractivity contribution in [2.24, 2.45) is 5.92 Å². The number of ketones is 1. The van der Waals surface area contributed by atoms with Crippen LogP contribution in [0.1, 0.15) is 93.6 Å². The Kier molecular flexibility index (Phi) is 8.10. The van der Waals surface area contributed by atoms with Crippen LogP contribution in [0.25, 0.3) is 10.4 Å². The van der Waals surface area contributed by atoms with Gasteiger partial charge in [-0.05, 0) is 66.4 Å². The molecule has 2 N–H and O–H groups in total. The third kappa shape index (κ3) is 6.87. The normalized spacial score (nSPS) is 17.7. The second-order valence-electron chi connectivity index (χ2n) is 11.4. The van der Waals surface area contributed by atoms with Gasteiger partial charge in [-0.15, -0.1) is 11.3 Å². The molecule has 3 heterocycles. The fourth-order valence-corrected chi connectivity index (χ4v) is 5.11. The maximum atomic E-state index is 14.2. The van der Waals surface area contributed by atoms with Crippen molar-refractivity contribution < 1.29 is 27.9 Å². The highest BCUT2D eigenvalue weighted by atomic mass is 32.1. The van der Waals surface area contributed by atoms with Gasteiger partial charge >= 0.3 is 6.18 Å². The molecule has 2 atom stereocenters. The maximum absolute atomic E-state index is 14.2. The SMILES string of the molecule is C[C@H](CC(=O)c1nc(C(=O)N2CCC[C@@H]2C)c(-c2cnc(NC(C)(C)C)cc2C(F)(F)F)s1)C(C)(C)O. The summed E-state index contributed by atoms with van der Waals surface area (Å²) in [7, 11) is 0. The molecule has 37 heavy (non-hydrogen) atoms. The topological polar surface area (TPSA) is 95.4 Å². The van der Waals surface area contributed by atoms with Crippen LogP contribution in [0.5, 0.6) is 0 Å². The average molecular weight is 541 g/mol. The molecule has 0 aliphatic carbocycles. The summed E-state index contributed by atoms with van der Waals surface area (Å²) in [6.07, 6.45) is -2.16. The number of aliphatic hydroxyl groups is 1. The van der Waals surface area contributed by atoms with E-state index in [0.29, 0.717) is 6.54 Å². The predicted molar refractivity (Wildman–Crippen MR) is 138 cm³/mol. The molecule has 1 aliphatic heterocycles. The van der Waals surface area contributed by atoms with E-state index in [1.165, 1.54) is 0 Å². The number of carbonyl (C=O) groups excluding carboxylic acids is 2. The van der Waals surface area contributed by atoms with Gasteiger partial charge in [-0.1, -0.05) is 6.92 Å². The highest BCUT2D eigenvalue weighted by Gasteiger charge is 2.38. The molecular formula is C26H35F3N4O3S. The molecule has 0 unspecified atom stereocenters. The van der Waals surface area contributed by atoms with Crippen molar-refractivity contribution in [1.82, 2.24) is 14.9 Å². The van der Waals surface area contributed by atoms with Gasteiger partial charge in [-0.3, -0.25) is 9.59 Å². The summed E-state index contributed by atoms with van der Waals surface area (Å²) in [5.74, 6) is -1.33. The molecule has 2 aromatic rings. The van der Waals surface area contributed by atoms with Crippen molar-refractivity contribution in [2.45, 2.75) is 91.1 Å². The van der Waals surface area contributed by atoms with Gasteiger partial charge in [0.15, 0.2) is 10.8 Å². The van der Waals surface area contributed by atoms with Crippen LogP contribution in [-0.4, -0.2) is 55.4 Å².